The Hall–Kier alpha value is -2.56. The fourth-order valence-corrected chi connectivity index (χ4v) is 6.22. The molecule has 2 heterocycles. The number of halogens is 4. The van der Waals surface area contributed by atoms with E-state index in [0.717, 1.165) is 17.8 Å². The van der Waals surface area contributed by atoms with Gasteiger partial charge in [-0.25, -0.2) is 17.6 Å². The van der Waals surface area contributed by atoms with Gasteiger partial charge in [0.25, 0.3) is 0 Å². The molecule has 5 nitrogen and oxygen atoms in total. The van der Waals surface area contributed by atoms with Gasteiger partial charge >= 0.3 is 0 Å². The van der Waals surface area contributed by atoms with Crippen molar-refractivity contribution in [1.82, 2.24) is 9.88 Å². The zero-order valence-corrected chi connectivity index (χ0v) is 23.3. The van der Waals surface area contributed by atoms with Gasteiger partial charge in [0.05, 0.1) is 24.5 Å². The summed E-state index contributed by atoms with van der Waals surface area (Å²) in [4.78, 5) is 8.50. The standard InChI is InChI=1S/C29H35F4N3O2S/c1-35(2)25-17-34-24-5-4-20(38-3)16-21(24)27(25)22(31)6-7-29(18-37)8-10-36(11-9-29)12-13-39-26-15-19(30)14-23(32)28(26)33/h4-5,14-17,22,37H,6-13,18H2,1-3H3/t22-/m0/s1. The molecule has 3 aromatic rings. The molecule has 2 aromatic carbocycles. The Morgan fingerprint density at radius 3 is 2.56 bits per heavy atom. The topological polar surface area (TPSA) is 48.8 Å². The highest BCUT2D eigenvalue weighted by molar-refractivity contribution is 7.99. The minimum atomic E-state index is -1.25. The van der Waals surface area contributed by atoms with Gasteiger partial charge < -0.3 is 19.6 Å². The van der Waals surface area contributed by atoms with E-state index in [1.807, 2.05) is 37.2 Å². The number of fused-ring (bicyclic) bond motifs is 1. The molecule has 0 saturated carbocycles. The van der Waals surface area contributed by atoms with Crippen molar-refractivity contribution in [1.29, 1.82) is 0 Å². The fourth-order valence-electron chi connectivity index (χ4n) is 5.23. The first kappa shape index (κ1) is 29.4. The van der Waals surface area contributed by atoms with E-state index >= 15 is 4.39 Å². The van der Waals surface area contributed by atoms with Crippen molar-refractivity contribution >= 4 is 28.4 Å². The molecule has 39 heavy (non-hydrogen) atoms. The summed E-state index contributed by atoms with van der Waals surface area (Å²) in [5.41, 5.74) is 1.60. The van der Waals surface area contributed by atoms with Crippen LogP contribution in [0.25, 0.3) is 10.9 Å². The number of anilines is 1. The summed E-state index contributed by atoms with van der Waals surface area (Å²) in [5.74, 6) is -1.91. The Balaban J connectivity index is 1.38. The number of methoxy groups -OCH3 is 1. The quantitative estimate of drug-likeness (QED) is 0.165. The molecule has 1 saturated heterocycles. The molecule has 0 aliphatic carbocycles. The smallest absolute Gasteiger partial charge is 0.172 e. The Kier molecular flexibility index (Phi) is 9.61. The van der Waals surface area contributed by atoms with Gasteiger partial charge in [-0.15, -0.1) is 11.8 Å². The van der Waals surface area contributed by atoms with Gasteiger partial charge in [-0.3, -0.25) is 4.98 Å². The van der Waals surface area contributed by atoms with Crippen LogP contribution in [0.15, 0.2) is 41.4 Å². The number of benzene rings is 2. The van der Waals surface area contributed by atoms with Crippen molar-refractivity contribution in [2.24, 2.45) is 5.41 Å². The Labute approximate surface area is 231 Å². The van der Waals surface area contributed by atoms with Crippen LogP contribution in [-0.2, 0) is 0 Å². The van der Waals surface area contributed by atoms with Crippen molar-refractivity contribution in [3.63, 3.8) is 0 Å². The van der Waals surface area contributed by atoms with E-state index < -0.39 is 23.6 Å². The molecular formula is C29H35F4N3O2S. The van der Waals surface area contributed by atoms with E-state index in [2.05, 4.69) is 9.88 Å². The molecule has 1 aliphatic rings. The van der Waals surface area contributed by atoms with E-state index in [-0.39, 0.29) is 23.3 Å². The zero-order chi connectivity index (χ0) is 28.2. The predicted molar refractivity (Wildman–Crippen MR) is 148 cm³/mol. The molecule has 0 radical (unpaired) electrons. The van der Waals surface area contributed by atoms with Gasteiger partial charge in [0.2, 0.25) is 0 Å². The van der Waals surface area contributed by atoms with Gasteiger partial charge in [-0.2, -0.15) is 0 Å². The van der Waals surface area contributed by atoms with Crippen LogP contribution < -0.4 is 9.64 Å². The minimum Gasteiger partial charge on any atom is -0.497 e. The van der Waals surface area contributed by atoms with Gasteiger partial charge in [0.1, 0.15) is 17.7 Å². The lowest BCUT2D eigenvalue weighted by atomic mass is 9.74. The van der Waals surface area contributed by atoms with Gasteiger partial charge in [0.15, 0.2) is 11.6 Å². The van der Waals surface area contributed by atoms with E-state index in [4.69, 9.17) is 4.74 Å². The molecule has 4 rings (SSSR count). The average Bonchev–Trinajstić information content (AvgIpc) is 2.94. The first-order chi connectivity index (χ1) is 18.7. The molecule has 1 fully saturated rings. The highest BCUT2D eigenvalue weighted by Gasteiger charge is 2.35. The molecule has 1 atom stereocenters. The Morgan fingerprint density at radius 2 is 1.90 bits per heavy atom. The molecule has 212 valence electrons. The maximum Gasteiger partial charge on any atom is 0.172 e. The Morgan fingerprint density at radius 1 is 1.15 bits per heavy atom. The number of rotatable bonds is 11. The molecule has 1 aromatic heterocycles. The predicted octanol–water partition coefficient (Wildman–Crippen LogP) is 6.38. The number of alkyl halides is 1. The van der Waals surface area contributed by atoms with Gasteiger partial charge in [-0.1, -0.05) is 0 Å². The number of nitrogens with zero attached hydrogens (tertiary/aromatic N) is 3. The van der Waals surface area contributed by atoms with Crippen LogP contribution in [0.4, 0.5) is 23.2 Å². The van der Waals surface area contributed by atoms with E-state index in [0.29, 0.717) is 78.6 Å². The van der Waals surface area contributed by atoms with E-state index in [9.17, 15) is 18.3 Å². The van der Waals surface area contributed by atoms with Crippen molar-refractivity contribution < 1.29 is 27.4 Å². The second kappa shape index (κ2) is 12.7. The summed E-state index contributed by atoms with van der Waals surface area (Å²) in [5, 5.41) is 11.0. The van der Waals surface area contributed by atoms with Crippen LogP contribution in [0.1, 0.15) is 37.4 Å². The molecule has 0 spiro atoms. The third-order valence-electron chi connectivity index (χ3n) is 7.70. The summed E-state index contributed by atoms with van der Waals surface area (Å²) in [6, 6.07) is 7.00. The minimum absolute atomic E-state index is 0.0262. The number of likely N-dealkylation sites (tertiary alicyclic amines) is 1. The maximum atomic E-state index is 16.0. The number of hydrogen-bond donors (Lipinski definition) is 1. The summed E-state index contributed by atoms with van der Waals surface area (Å²) >= 11 is 1.08. The molecule has 0 bridgehead atoms. The zero-order valence-electron chi connectivity index (χ0n) is 22.5. The molecule has 1 aliphatic heterocycles. The van der Waals surface area contributed by atoms with Crippen LogP contribution in [0.3, 0.4) is 0 Å². The molecule has 10 heteroatoms. The number of thioether (sulfide) groups is 1. The van der Waals surface area contributed by atoms with Gasteiger partial charge in [-0.05, 0) is 68.5 Å². The normalized spacial score (nSPS) is 16.4. The molecule has 0 unspecified atom stereocenters. The first-order valence-corrected chi connectivity index (χ1v) is 14.0. The van der Waals surface area contributed by atoms with Gasteiger partial charge in [0, 0.05) is 54.9 Å². The molecular weight excluding hydrogens is 530 g/mol. The van der Waals surface area contributed by atoms with Crippen molar-refractivity contribution in [2.45, 2.75) is 36.8 Å². The number of pyridine rings is 1. The third kappa shape index (κ3) is 6.78. The number of aliphatic hydroxyl groups is 1. The lowest BCUT2D eigenvalue weighted by Gasteiger charge is -2.41. The fraction of sp³-hybridized carbons (Fsp3) is 0.483. The lowest BCUT2D eigenvalue weighted by molar-refractivity contribution is 0.0323. The van der Waals surface area contributed by atoms with Crippen molar-refractivity contribution in [3.8, 4) is 5.75 Å². The second-order valence-electron chi connectivity index (χ2n) is 10.4. The monoisotopic (exact) mass is 565 g/mol. The number of hydrogen-bond acceptors (Lipinski definition) is 6. The van der Waals surface area contributed by atoms with Crippen molar-refractivity contribution in [2.75, 3.05) is 58.1 Å². The highest BCUT2D eigenvalue weighted by Crippen LogP contribution is 2.42. The van der Waals surface area contributed by atoms with E-state index in [1.165, 1.54) is 0 Å². The van der Waals surface area contributed by atoms with Crippen LogP contribution in [0, 0.1) is 22.9 Å². The SMILES string of the molecule is COc1ccc2ncc(N(C)C)c([C@@H](F)CCC3(CO)CCN(CCSc4cc(F)cc(F)c4F)CC3)c2c1. The second-order valence-corrected chi connectivity index (χ2v) is 11.5. The molecule has 0 amide bonds. The highest BCUT2D eigenvalue weighted by atomic mass is 32.2. The number of aromatic nitrogens is 1. The third-order valence-corrected chi connectivity index (χ3v) is 8.69. The van der Waals surface area contributed by atoms with Crippen LogP contribution >= 0.6 is 11.8 Å². The molecule has 1 N–H and O–H groups in total. The maximum absolute atomic E-state index is 16.0. The summed E-state index contributed by atoms with van der Waals surface area (Å²) in [6.07, 6.45) is 2.64. The average molecular weight is 566 g/mol. The number of piperidine rings is 1. The van der Waals surface area contributed by atoms with Crippen LogP contribution in [0.2, 0.25) is 0 Å². The summed E-state index contributed by atoms with van der Waals surface area (Å²) < 4.78 is 62.2. The lowest BCUT2D eigenvalue weighted by Crippen LogP contribution is -2.42. The summed E-state index contributed by atoms with van der Waals surface area (Å²) in [7, 11) is 5.30. The Bertz CT molecular complexity index is 1290. The number of aliphatic hydroxyl groups excluding tert-OH is 1. The van der Waals surface area contributed by atoms with E-state index in [1.54, 1.807) is 13.3 Å². The largest absolute Gasteiger partial charge is 0.497 e. The summed E-state index contributed by atoms with van der Waals surface area (Å²) in [6.45, 7) is 2.00. The first-order valence-electron chi connectivity index (χ1n) is 13.0. The van der Waals surface area contributed by atoms with Crippen LogP contribution in [0.5, 0.6) is 5.75 Å². The van der Waals surface area contributed by atoms with Crippen LogP contribution in [-0.4, -0.2) is 68.2 Å². The van der Waals surface area contributed by atoms with Crippen molar-refractivity contribution in [3.05, 3.63) is 59.5 Å². The number of ether oxygens (including phenoxy) is 1.